The van der Waals surface area contributed by atoms with Crippen LogP contribution >= 0.6 is 11.6 Å². The molecule has 0 spiro atoms. The van der Waals surface area contributed by atoms with Gasteiger partial charge >= 0.3 is 0 Å². The van der Waals surface area contributed by atoms with E-state index in [1.54, 1.807) is 50.2 Å². The topological polar surface area (TPSA) is 73.1 Å². The van der Waals surface area contributed by atoms with Gasteiger partial charge in [0, 0.05) is 0 Å². The molecule has 2 N–H and O–H groups in total. The summed E-state index contributed by atoms with van der Waals surface area (Å²) in [4.78, 5) is 12.2. The fraction of sp³-hybridized carbons (Fsp3) is 0.111. The van der Waals surface area contributed by atoms with E-state index in [4.69, 9.17) is 11.6 Å². The number of halogens is 1. The maximum Gasteiger partial charge on any atom is 0.266 e. The summed E-state index contributed by atoms with van der Waals surface area (Å²) in [6, 6.07) is 12.1. The van der Waals surface area contributed by atoms with Crippen molar-refractivity contribution in [1.82, 2.24) is 0 Å². The first-order chi connectivity index (χ1) is 10.9. The maximum atomic E-state index is 12.2. The van der Waals surface area contributed by atoms with Crippen LogP contribution in [-0.4, -0.2) is 11.0 Å². The lowest BCUT2D eigenvalue weighted by Crippen LogP contribution is -2.13. The number of para-hydroxylation sites is 1. The third-order valence-corrected chi connectivity index (χ3v) is 3.64. The number of nitrogens with one attached hydrogen (secondary N) is 1. The lowest BCUT2D eigenvalue weighted by Gasteiger charge is -2.07. The molecule has 0 heterocycles. The van der Waals surface area contributed by atoms with Crippen LogP contribution in [0.25, 0.3) is 6.08 Å². The molecule has 5 heteroatoms. The molecule has 0 aliphatic heterocycles. The average molecular weight is 327 g/mol. The number of benzene rings is 2. The molecule has 0 saturated heterocycles. The summed E-state index contributed by atoms with van der Waals surface area (Å²) >= 11 is 5.99. The number of carbonyl (C=O) groups is 1. The van der Waals surface area contributed by atoms with E-state index in [-0.39, 0.29) is 11.3 Å². The number of phenolic OH excluding ortho intramolecular Hbond substituents is 1. The molecule has 4 nitrogen and oxygen atoms in total. The molecule has 0 unspecified atom stereocenters. The van der Waals surface area contributed by atoms with E-state index in [0.717, 1.165) is 0 Å². The summed E-state index contributed by atoms with van der Waals surface area (Å²) in [5, 5.41) is 22.0. The lowest BCUT2D eigenvalue weighted by atomic mass is 10.0. The SMILES string of the molecule is Cc1cc(/C=C(\C#N)C(=O)Nc2ccccc2Cl)cc(C)c1O. The van der Waals surface area contributed by atoms with Crippen molar-refractivity contribution in [3.05, 3.63) is 63.7 Å². The zero-order chi connectivity index (χ0) is 17.0. The van der Waals surface area contributed by atoms with Crippen molar-refractivity contribution in [2.24, 2.45) is 0 Å². The zero-order valence-electron chi connectivity index (χ0n) is 12.7. The summed E-state index contributed by atoms with van der Waals surface area (Å²) in [7, 11) is 0. The van der Waals surface area contributed by atoms with Crippen LogP contribution in [0.3, 0.4) is 0 Å². The van der Waals surface area contributed by atoms with Gasteiger partial charge in [-0.05, 0) is 60.9 Å². The van der Waals surface area contributed by atoms with Gasteiger partial charge < -0.3 is 10.4 Å². The average Bonchev–Trinajstić information content (AvgIpc) is 2.52. The summed E-state index contributed by atoms with van der Waals surface area (Å²) < 4.78 is 0. The number of anilines is 1. The Morgan fingerprint density at radius 1 is 1.26 bits per heavy atom. The van der Waals surface area contributed by atoms with Gasteiger partial charge in [0.1, 0.15) is 17.4 Å². The number of aryl methyl sites for hydroxylation is 2. The van der Waals surface area contributed by atoms with E-state index in [0.29, 0.717) is 27.4 Å². The molecule has 0 fully saturated rings. The van der Waals surface area contributed by atoms with Crippen LogP contribution in [-0.2, 0) is 4.79 Å². The van der Waals surface area contributed by atoms with Gasteiger partial charge in [-0.2, -0.15) is 5.26 Å². The van der Waals surface area contributed by atoms with E-state index in [1.165, 1.54) is 6.08 Å². The van der Waals surface area contributed by atoms with E-state index in [9.17, 15) is 15.2 Å². The Bertz CT molecular complexity index is 812. The minimum absolute atomic E-state index is 0.0468. The fourth-order valence-corrected chi connectivity index (χ4v) is 2.32. The third kappa shape index (κ3) is 3.91. The molecule has 0 aliphatic carbocycles. The van der Waals surface area contributed by atoms with Crippen molar-refractivity contribution < 1.29 is 9.90 Å². The minimum atomic E-state index is -0.538. The van der Waals surface area contributed by atoms with Crippen molar-refractivity contribution >= 4 is 29.3 Å². The molecule has 23 heavy (non-hydrogen) atoms. The standard InChI is InChI=1S/C18H15ClN2O2/c1-11-7-13(8-12(2)17(11)22)9-14(10-20)18(23)21-16-6-4-3-5-15(16)19/h3-9,22H,1-2H3,(H,21,23)/b14-9+. The number of hydrogen-bond acceptors (Lipinski definition) is 3. The smallest absolute Gasteiger partial charge is 0.266 e. The molecule has 2 rings (SSSR count). The Morgan fingerprint density at radius 3 is 2.43 bits per heavy atom. The maximum absolute atomic E-state index is 12.2. The third-order valence-electron chi connectivity index (χ3n) is 3.31. The largest absolute Gasteiger partial charge is 0.507 e. The summed E-state index contributed by atoms with van der Waals surface area (Å²) in [5.74, 6) is -0.329. The van der Waals surface area contributed by atoms with Crippen molar-refractivity contribution in [2.75, 3.05) is 5.32 Å². The Morgan fingerprint density at radius 2 is 1.87 bits per heavy atom. The van der Waals surface area contributed by atoms with Crippen LogP contribution in [0.4, 0.5) is 5.69 Å². The Hall–Kier alpha value is -2.77. The molecule has 2 aromatic rings. The second-order valence-electron chi connectivity index (χ2n) is 5.11. The summed E-state index contributed by atoms with van der Waals surface area (Å²) in [6.07, 6.45) is 1.48. The number of hydrogen-bond donors (Lipinski definition) is 2. The summed E-state index contributed by atoms with van der Waals surface area (Å²) in [6.45, 7) is 3.52. The molecule has 0 radical (unpaired) electrons. The molecule has 0 aliphatic rings. The molecular weight excluding hydrogens is 312 g/mol. The molecule has 0 bridgehead atoms. The van der Waals surface area contributed by atoms with E-state index in [1.807, 2.05) is 6.07 Å². The number of carbonyl (C=O) groups excluding carboxylic acids is 1. The van der Waals surface area contributed by atoms with Gasteiger partial charge in [0.15, 0.2) is 0 Å². The quantitative estimate of drug-likeness (QED) is 0.655. The molecular formula is C18H15ClN2O2. The van der Waals surface area contributed by atoms with E-state index < -0.39 is 5.91 Å². The van der Waals surface area contributed by atoms with Crippen LogP contribution in [0.1, 0.15) is 16.7 Å². The lowest BCUT2D eigenvalue weighted by molar-refractivity contribution is -0.112. The van der Waals surface area contributed by atoms with Gasteiger partial charge in [-0.1, -0.05) is 23.7 Å². The van der Waals surface area contributed by atoms with Gasteiger partial charge in [0.2, 0.25) is 0 Å². The number of nitriles is 1. The van der Waals surface area contributed by atoms with Gasteiger partial charge in [0.25, 0.3) is 5.91 Å². The monoisotopic (exact) mass is 326 g/mol. The molecule has 116 valence electrons. The predicted molar refractivity (Wildman–Crippen MR) is 91.3 cm³/mol. The highest BCUT2D eigenvalue weighted by Crippen LogP contribution is 2.25. The second-order valence-corrected chi connectivity index (χ2v) is 5.51. The highest BCUT2D eigenvalue weighted by Gasteiger charge is 2.12. The fourth-order valence-electron chi connectivity index (χ4n) is 2.14. The Kier molecular flexibility index (Phi) is 5.05. The van der Waals surface area contributed by atoms with Gasteiger partial charge in [-0.15, -0.1) is 0 Å². The Labute approximate surface area is 139 Å². The summed E-state index contributed by atoms with van der Waals surface area (Å²) in [5.41, 5.74) is 2.43. The van der Waals surface area contributed by atoms with Crippen molar-refractivity contribution in [1.29, 1.82) is 5.26 Å². The zero-order valence-corrected chi connectivity index (χ0v) is 13.5. The molecule has 0 saturated carbocycles. The number of phenols is 1. The second kappa shape index (κ2) is 6.99. The normalized spacial score (nSPS) is 11.0. The van der Waals surface area contributed by atoms with Crippen LogP contribution in [0.2, 0.25) is 5.02 Å². The van der Waals surface area contributed by atoms with Crippen molar-refractivity contribution in [3.63, 3.8) is 0 Å². The number of rotatable bonds is 3. The van der Waals surface area contributed by atoms with Gasteiger partial charge in [-0.25, -0.2) is 0 Å². The van der Waals surface area contributed by atoms with Crippen molar-refractivity contribution in [2.45, 2.75) is 13.8 Å². The van der Waals surface area contributed by atoms with Crippen LogP contribution in [0.5, 0.6) is 5.75 Å². The number of aromatic hydroxyl groups is 1. The molecule has 0 aromatic heterocycles. The highest BCUT2D eigenvalue weighted by atomic mass is 35.5. The predicted octanol–water partition coefficient (Wildman–Crippen LogP) is 4.21. The van der Waals surface area contributed by atoms with E-state index >= 15 is 0 Å². The first kappa shape index (κ1) is 16.6. The Balaban J connectivity index is 2.31. The van der Waals surface area contributed by atoms with Crippen LogP contribution in [0, 0.1) is 25.2 Å². The van der Waals surface area contributed by atoms with Crippen LogP contribution < -0.4 is 5.32 Å². The molecule has 1 amide bonds. The molecule has 2 aromatic carbocycles. The first-order valence-corrected chi connectivity index (χ1v) is 7.28. The van der Waals surface area contributed by atoms with Gasteiger partial charge in [-0.3, -0.25) is 4.79 Å². The highest BCUT2D eigenvalue weighted by molar-refractivity contribution is 6.34. The van der Waals surface area contributed by atoms with Crippen molar-refractivity contribution in [3.8, 4) is 11.8 Å². The minimum Gasteiger partial charge on any atom is -0.507 e. The number of amides is 1. The van der Waals surface area contributed by atoms with Gasteiger partial charge in [0.05, 0.1) is 10.7 Å². The first-order valence-electron chi connectivity index (χ1n) is 6.90. The van der Waals surface area contributed by atoms with Crippen LogP contribution in [0.15, 0.2) is 42.0 Å². The van der Waals surface area contributed by atoms with E-state index in [2.05, 4.69) is 5.32 Å². The number of nitrogens with zero attached hydrogens (tertiary/aromatic N) is 1. The molecule has 0 atom stereocenters.